The zero-order chi connectivity index (χ0) is 14.6. The lowest BCUT2D eigenvalue weighted by Gasteiger charge is -2.22. The van der Waals surface area contributed by atoms with Gasteiger partial charge >= 0.3 is 5.97 Å². The summed E-state index contributed by atoms with van der Waals surface area (Å²) in [5.41, 5.74) is 11.7. The van der Waals surface area contributed by atoms with Crippen molar-refractivity contribution in [2.45, 2.75) is 6.92 Å². The summed E-state index contributed by atoms with van der Waals surface area (Å²) in [7, 11) is 1.60. The molecule has 1 amide bonds. The van der Waals surface area contributed by atoms with Crippen molar-refractivity contribution in [1.29, 1.82) is 0 Å². The van der Waals surface area contributed by atoms with Crippen LogP contribution in [0.15, 0.2) is 12.1 Å². The highest BCUT2D eigenvalue weighted by molar-refractivity contribution is 6.34. The van der Waals surface area contributed by atoms with Crippen LogP contribution < -0.4 is 16.4 Å². The van der Waals surface area contributed by atoms with E-state index in [1.54, 1.807) is 14.0 Å². The number of amides is 1. The molecule has 0 bridgehead atoms. The van der Waals surface area contributed by atoms with Crippen molar-refractivity contribution in [2.24, 2.45) is 5.73 Å². The van der Waals surface area contributed by atoms with Gasteiger partial charge in [-0.2, -0.15) is 0 Å². The van der Waals surface area contributed by atoms with Gasteiger partial charge in [0.1, 0.15) is 0 Å². The fraction of sp³-hybridized carbons (Fsp3) is 0.333. The van der Waals surface area contributed by atoms with Crippen LogP contribution in [-0.4, -0.2) is 32.1 Å². The van der Waals surface area contributed by atoms with Gasteiger partial charge in [0.2, 0.25) is 5.91 Å². The van der Waals surface area contributed by atoms with Gasteiger partial charge in [-0.3, -0.25) is 4.79 Å². The summed E-state index contributed by atoms with van der Waals surface area (Å²) in [6.07, 6.45) is 0. The summed E-state index contributed by atoms with van der Waals surface area (Å²) in [5, 5.41) is 0.256. The second kappa shape index (κ2) is 6.29. The van der Waals surface area contributed by atoms with E-state index >= 15 is 0 Å². The largest absolute Gasteiger partial charge is 0.462 e. The second-order valence-corrected chi connectivity index (χ2v) is 4.35. The minimum absolute atomic E-state index is 0.0734. The van der Waals surface area contributed by atoms with Crippen LogP contribution in [0.2, 0.25) is 5.02 Å². The topological polar surface area (TPSA) is 98.7 Å². The maximum Gasteiger partial charge on any atom is 0.340 e. The van der Waals surface area contributed by atoms with Crippen LogP contribution in [0.1, 0.15) is 17.3 Å². The van der Waals surface area contributed by atoms with Crippen molar-refractivity contribution in [3.8, 4) is 0 Å². The van der Waals surface area contributed by atoms with Crippen LogP contribution in [0.4, 0.5) is 11.4 Å². The average molecular weight is 286 g/mol. The Morgan fingerprint density at radius 3 is 2.58 bits per heavy atom. The fourth-order valence-corrected chi connectivity index (χ4v) is 2.06. The molecule has 0 spiro atoms. The third kappa shape index (κ3) is 3.75. The monoisotopic (exact) mass is 285 g/mol. The smallest absolute Gasteiger partial charge is 0.340 e. The lowest BCUT2D eigenvalue weighted by molar-refractivity contribution is -0.116. The molecule has 0 aliphatic carbocycles. The van der Waals surface area contributed by atoms with E-state index in [1.165, 1.54) is 17.0 Å². The molecule has 104 valence electrons. The Bertz CT molecular complexity index is 505. The number of nitrogens with zero attached hydrogens (tertiary/aromatic N) is 1. The van der Waals surface area contributed by atoms with Crippen molar-refractivity contribution in [1.82, 2.24) is 0 Å². The zero-order valence-electron chi connectivity index (χ0n) is 10.8. The number of benzene rings is 1. The molecule has 0 aliphatic rings. The number of primary amides is 1. The van der Waals surface area contributed by atoms with Gasteiger partial charge in [0.25, 0.3) is 0 Å². The molecule has 4 N–H and O–H groups in total. The second-order valence-electron chi connectivity index (χ2n) is 3.94. The van der Waals surface area contributed by atoms with E-state index in [9.17, 15) is 9.59 Å². The predicted octanol–water partition coefficient (Wildman–Crippen LogP) is 1.02. The van der Waals surface area contributed by atoms with Gasteiger partial charge in [0.05, 0.1) is 29.4 Å². The third-order valence-corrected chi connectivity index (χ3v) is 2.64. The number of nitrogens with two attached hydrogens (primary N) is 2. The van der Waals surface area contributed by atoms with Gasteiger partial charge in [0, 0.05) is 12.7 Å². The van der Waals surface area contributed by atoms with Gasteiger partial charge in [-0.25, -0.2) is 4.79 Å². The molecule has 0 radical (unpaired) electrons. The van der Waals surface area contributed by atoms with Crippen LogP contribution in [0.25, 0.3) is 0 Å². The first-order chi connectivity index (χ1) is 8.86. The number of carbonyl (C=O) groups excluding carboxylic acids is 2. The normalized spacial score (nSPS) is 10.1. The van der Waals surface area contributed by atoms with E-state index in [1.807, 2.05) is 0 Å². The first-order valence-corrected chi connectivity index (χ1v) is 6.00. The van der Waals surface area contributed by atoms with Crippen molar-refractivity contribution < 1.29 is 14.3 Å². The van der Waals surface area contributed by atoms with E-state index in [0.29, 0.717) is 11.4 Å². The molecule has 19 heavy (non-hydrogen) atoms. The Labute approximate surface area is 116 Å². The van der Waals surface area contributed by atoms with Crippen LogP contribution >= 0.6 is 11.6 Å². The minimum atomic E-state index is -0.553. The number of ether oxygens (including phenoxy) is 1. The van der Waals surface area contributed by atoms with Gasteiger partial charge in [0.15, 0.2) is 0 Å². The molecule has 0 saturated heterocycles. The van der Waals surface area contributed by atoms with Gasteiger partial charge in [-0.1, -0.05) is 11.6 Å². The van der Waals surface area contributed by atoms with Crippen LogP contribution in [-0.2, 0) is 9.53 Å². The molecule has 0 atom stereocenters. The van der Waals surface area contributed by atoms with Crippen molar-refractivity contribution in [3.63, 3.8) is 0 Å². The summed E-state index contributed by atoms with van der Waals surface area (Å²) in [6, 6.07) is 2.95. The SMILES string of the molecule is CCOC(=O)c1cc(N)cc(Cl)c1N(C)CC(N)=O. The minimum Gasteiger partial charge on any atom is -0.462 e. The lowest BCUT2D eigenvalue weighted by atomic mass is 10.1. The molecule has 1 aromatic rings. The summed E-state index contributed by atoms with van der Waals surface area (Å²) in [6.45, 7) is 1.85. The van der Waals surface area contributed by atoms with Gasteiger partial charge in [-0.05, 0) is 19.1 Å². The van der Waals surface area contributed by atoms with E-state index in [-0.39, 0.29) is 23.7 Å². The standard InChI is InChI=1S/C12H16ClN3O3/c1-3-19-12(18)8-4-7(14)5-9(13)11(8)16(2)6-10(15)17/h4-5H,3,6,14H2,1-2H3,(H2,15,17). The van der Waals surface area contributed by atoms with Crippen molar-refractivity contribution >= 4 is 34.9 Å². The van der Waals surface area contributed by atoms with Gasteiger partial charge < -0.3 is 21.1 Å². The van der Waals surface area contributed by atoms with Crippen LogP contribution in [0, 0.1) is 0 Å². The molecule has 6 nitrogen and oxygen atoms in total. The number of esters is 1. The zero-order valence-corrected chi connectivity index (χ0v) is 11.5. The molecule has 1 rings (SSSR count). The first-order valence-electron chi connectivity index (χ1n) is 5.62. The molecule has 0 heterocycles. The Morgan fingerprint density at radius 2 is 2.05 bits per heavy atom. The Morgan fingerprint density at radius 1 is 1.42 bits per heavy atom. The molecule has 0 fully saturated rings. The quantitative estimate of drug-likeness (QED) is 0.622. The molecular formula is C12H16ClN3O3. The Hall–Kier alpha value is -1.95. The number of halogens is 1. The van der Waals surface area contributed by atoms with Crippen LogP contribution in [0.5, 0.6) is 0 Å². The molecule has 0 aliphatic heterocycles. The van der Waals surface area contributed by atoms with Crippen molar-refractivity contribution in [3.05, 3.63) is 22.7 Å². The average Bonchev–Trinajstić information content (AvgIpc) is 2.26. The van der Waals surface area contributed by atoms with Crippen molar-refractivity contribution in [2.75, 3.05) is 30.8 Å². The number of rotatable bonds is 5. The molecule has 7 heteroatoms. The molecule has 0 aromatic heterocycles. The molecule has 0 unspecified atom stereocenters. The number of anilines is 2. The van der Waals surface area contributed by atoms with E-state index in [4.69, 9.17) is 27.8 Å². The molecule has 1 aromatic carbocycles. The Kier molecular flexibility index (Phi) is 5.00. The number of likely N-dealkylation sites (N-methyl/N-ethyl adjacent to an activating group) is 1. The fourth-order valence-electron chi connectivity index (χ4n) is 1.69. The maximum absolute atomic E-state index is 11.9. The van der Waals surface area contributed by atoms with E-state index in [2.05, 4.69) is 0 Å². The highest BCUT2D eigenvalue weighted by Crippen LogP contribution is 2.32. The lowest BCUT2D eigenvalue weighted by Crippen LogP contribution is -2.32. The number of carbonyl (C=O) groups is 2. The summed E-state index contributed by atoms with van der Waals surface area (Å²) >= 11 is 6.08. The molecular weight excluding hydrogens is 270 g/mol. The highest BCUT2D eigenvalue weighted by Gasteiger charge is 2.20. The number of hydrogen-bond acceptors (Lipinski definition) is 5. The van der Waals surface area contributed by atoms with E-state index < -0.39 is 11.9 Å². The number of hydrogen-bond donors (Lipinski definition) is 2. The maximum atomic E-state index is 11.9. The number of nitrogen functional groups attached to an aromatic ring is 1. The summed E-state index contributed by atoms with van der Waals surface area (Å²) < 4.78 is 4.94. The third-order valence-electron chi connectivity index (χ3n) is 2.36. The molecule has 0 saturated carbocycles. The summed E-state index contributed by atoms with van der Waals surface area (Å²) in [4.78, 5) is 24.3. The van der Waals surface area contributed by atoms with Gasteiger partial charge in [-0.15, -0.1) is 0 Å². The summed E-state index contributed by atoms with van der Waals surface area (Å²) in [5.74, 6) is -1.09. The van der Waals surface area contributed by atoms with Crippen LogP contribution in [0.3, 0.4) is 0 Å². The van der Waals surface area contributed by atoms with E-state index in [0.717, 1.165) is 0 Å². The Balaban J connectivity index is 3.27. The predicted molar refractivity (Wildman–Crippen MR) is 74.3 cm³/mol. The first kappa shape index (κ1) is 15.1. The highest BCUT2D eigenvalue weighted by atomic mass is 35.5.